The lowest BCUT2D eigenvalue weighted by molar-refractivity contribution is 0.0666. The van der Waals surface area contributed by atoms with Crippen molar-refractivity contribution in [1.29, 1.82) is 0 Å². The summed E-state index contributed by atoms with van der Waals surface area (Å²) in [4.78, 5) is 10.9. The molecule has 1 aliphatic heterocycles. The zero-order chi connectivity index (χ0) is 20.2. The summed E-state index contributed by atoms with van der Waals surface area (Å²) in [5, 5.41) is 10.3. The van der Waals surface area contributed by atoms with Crippen LogP contribution in [0.15, 0.2) is 42.9 Å². The van der Waals surface area contributed by atoms with Crippen LogP contribution in [0.5, 0.6) is 0 Å². The van der Waals surface area contributed by atoms with Gasteiger partial charge in [-0.05, 0) is 17.6 Å². The first-order chi connectivity index (χ1) is 14.2. The summed E-state index contributed by atoms with van der Waals surface area (Å²) in [6.07, 6.45) is 5.36. The molecular weight excluding hydrogens is 386 g/mol. The molecule has 2 atom stereocenters. The first-order valence-corrected chi connectivity index (χ1v) is 11.1. The maximum atomic E-state index is 10.3. The van der Waals surface area contributed by atoms with E-state index in [1.165, 1.54) is 6.33 Å². The number of β-amino-alcohol motifs (C(OH)–C–C–N with tert-alkyl or cyclic N) is 1. The molecule has 1 aliphatic rings. The van der Waals surface area contributed by atoms with Gasteiger partial charge in [-0.2, -0.15) is 11.8 Å². The predicted molar refractivity (Wildman–Crippen MR) is 116 cm³/mol. The quantitative estimate of drug-likeness (QED) is 0.586. The maximum absolute atomic E-state index is 10.3. The number of aliphatic hydroxyl groups is 1. The molecular formula is C21H27N5O2S. The summed E-state index contributed by atoms with van der Waals surface area (Å²) < 4.78 is 7.89. The fraction of sp³-hybridized carbons (Fsp3) is 0.429. The number of aromatic nitrogens is 3. The van der Waals surface area contributed by atoms with Crippen molar-refractivity contribution in [1.82, 2.24) is 19.4 Å². The number of aliphatic hydroxyl groups excluding tert-OH is 1. The second-order valence-corrected chi connectivity index (χ2v) is 8.43. The highest BCUT2D eigenvalue weighted by molar-refractivity contribution is 7.98. The van der Waals surface area contributed by atoms with Gasteiger partial charge in [-0.1, -0.05) is 30.3 Å². The smallest absolute Gasteiger partial charge is 0.151 e. The monoisotopic (exact) mass is 413 g/mol. The van der Waals surface area contributed by atoms with Gasteiger partial charge in [0.2, 0.25) is 0 Å². The van der Waals surface area contributed by atoms with Crippen LogP contribution in [0.1, 0.15) is 11.1 Å². The first-order valence-electron chi connectivity index (χ1n) is 9.75. The molecule has 3 heterocycles. The highest BCUT2D eigenvalue weighted by atomic mass is 32.2. The van der Waals surface area contributed by atoms with Crippen LogP contribution in [0.3, 0.4) is 0 Å². The van der Waals surface area contributed by atoms with Crippen molar-refractivity contribution in [2.45, 2.75) is 26.0 Å². The summed E-state index contributed by atoms with van der Waals surface area (Å²) in [5.41, 5.74) is 10.0. The predicted octanol–water partition coefficient (Wildman–Crippen LogP) is 2.34. The van der Waals surface area contributed by atoms with E-state index < -0.39 is 0 Å². The number of hydrogen-bond donors (Lipinski definition) is 2. The molecule has 0 bridgehead atoms. The third kappa shape index (κ3) is 4.56. The molecule has 3 N–H and O–H groups in total. The lowest BCUT2D eigenvalue weighted by atomic mass is 10.1. The first kappa shape index (κ1) is 20.2. The van der Waals surface area contributed by atoms with E-state index in [-0.39, 0.29) is 6.10 Å². The minimum Gasteiger partial charge on any atom is -0.391 e. The van der Waals surface area contributed by atoms with E-state index in [9.17, 15) is 5.11 Å². The van der Waals surface area contributed by atoms with Gasteiger partial charge in [-0.3, -0.25) is 4.90 Å². The van der Waals surface area contributed by atoms with Crippen LogP contribution in [0, 0.1) is 5.92 Å². The highest BCUT2D eigenvalue weighted by Gasteiger charge is 2.31. The summed E-state index contributed by atoms with van der Waals surface area (Å²) in [6, 6.07) is 10.1. The summed E-state index contributed by atoms with van der Waals surface area (Å²) in [5.74, 6) is 1.74. The third-order valence-corrected chi connectivity index (χ3v) is 6.11. The van der Waals surface area contributed by atoms with Gasteiger partial charge in [-0.25, -0.2) is 9.97 Å². The Morgan fingerprint density at radius 1 is 1.24 bits per heavy atom. The highest BCUT2D eigenvalue weighted by Crippen LogP contribution is 2.27. The number of benzene rings is 1. The number of fused-ring (bicyclic) bond motifs is 1. The van der Waals surface area contributed by atoms with Gasteiger partial charge < -0.3 is 20.1 Å². The van der Waals surface area contributed by atoms with Crippen LogP contribution in [0.2, 0.25) is 0 Å². The Balaban J connectivity index is 1.50. The third-order valence-electron chi connectivity index (χ3n) is 5.35. The van der Waals surface area contributed by atoms with Crippen molar-refractivity contribution in [3.05, 3.63) is 54.0 Å². The average molecular weight is 414 g/mol. The largest absolute Gasteiger partial charge is 0.391 e. The van der Waals surface area contributed by atoms with Gasteiger partial charge in [0.1, 0.15) is 18.6 Å². The molecule has 0 radical (unpaired) electrons. The minimum absolute atomic E-state index is 0.273. The number of ether oxygens (including phenoxy) is 1. The minimum atomic E-state index is -0.273. The fourth-order valence-electron chi connectivity index (χ4n) is 3.97. The van der Waals surface area contributed by atoms with Gasteiger partial charge in [0.05, 0.1) is 18.2 Å². The molecule has 2 aromatic heterocycles. The zero-order valence-corrected chi connectivity index (χ0v) is 17.4. The van der Waals surface area contributed by atoms with E-state index in [0.717, 1.165) is 41.0 Å². The summed E-state index contributed by atoms with van der Waals surface area (Å²) in [6.45, 7) is 3.20. The van der Waals surface area contributed by atoms with E-state index in [1.807, 2.05) is 34.9 Å². The summed E-state index contributed by atoms with van der Waals surface area (Å²) >= 11 is 1.78. The Morgan fingerprint density at radius 2 is 2.07 bits per heavy atom. The van der Waals surface area contributed by atoms with Gasteiger partial charge in [0, 0.05) is 37.3 Å². The molecule has 4 rings (SSSR count). The van der Waals surface area contributed by atoms with Crippen LogP contribution < -0.4 is 5.73 Å². The zero-order valence-electron chi connectivity index (χ0n) is 16.6. The molecule has 29 heavy (non-hydrogen) atoms. The Kier molecular flexibility index (Phi) is 6.34. The van der Waals surface area contributed by atoms with E-state index in [2.05, 4.69) is 27.3 Å². The van der Waals surface area contributed by atoms with Crippen LogP contribution in [0.4, 0.5) is 5.82 Å². The number of hydrogen-bond acceptors (Lipinski definition) is 7. The SMILES string of the molecule is CSC[C@H]1CN(Cc2cn(COCc3ccccc3)c3c(N)ncnc23)C[C@@H]1O. The lowest BCUT2D eigenvalue weighted by Gasteiger charge is -2.14. The van der Waals surface area contributed by atoms with Crippen LogP contribution in [0.25, 0.3) is 11.0 Å². The topological polar surface area (TPSA) is 89.4 Å². The second-order valence-electron chi connectivity index (χ2n) is 7.52. The second kappa shape index (κ2) is 9.13. The molecule has 1 fully saturated rings. The van der Waals surface area contributed by atoms with E-state index in [4.69, 9.17) is 10.5 Å². The van der Waals surface area contributed by atoms with Gasteiger partial charge in [0.25, 0.3) is 0 Å². The van der Waals surface area contributed by atoms with Gasteiger partial charge >= 0.3 is 0 Å². The normalized spacial score (nSPS) is 19.9. The van der Waals surface area contributed by atoms with E-state index in [0.29, 0.717) is 31.6 Å². The van der Waals surface area contributed by atoms with Gasteiger partial charge in [-0.15, -0.1) is 0 Å². The molecule has 8 heteroatoms. The Morgan fingerprint density at radius 3 is 2.86 bits per heavy atom. The Labute approximate surface area is 174 Å². The van der Waals surface area contributed by atoms with E-state index >= 15 is 0 Å². The molecule has 0 amide bonds. The number of rotatable bonds is 8. The molecule has 3 aromatic rings. The van der Waals surface area contributed by atoms with Crippen molar-refractivity contribution in [3.8, 4) is 0 Å². The van der Waals surface area contributed by atoms with Gasteiger partial charge in [0.15, 0.2) is 5.82 Å². The summed E-state index contributed by atoms with van der Waals surface area (Å²) in [7, 11) is 0. The van der Waals surface area contributed by atoms with Crippen molar-refractivity contribution in [2.24, 2.45) is 5.92 Å². The van der Waals surface area contributed by atoms with Crippen LogP contribution >= 0.6 is 11.8 Å². The number of likely N-dealkylation sites (tertiary alicyclic amines) is 1. The molecule has 7 nitrogen and oxygen atoms in total. The fourth-order valence-corrected chi connectivity index (χ4v) is 4.72. The maximum Gasteiger partial charge on any atom is 0.151 e. The molecule has 0 aliphatic carbocycles. The van der Waals surface area contributed by atoms with E-state index in [1.54, 1.807) is 11.8 Å². The van der Waals surface area contributed by atoms with Crippen molar-refractivity contribution in [3.63, 3.8) is 0 Å². The van der Waals surface area contributed by atoms with Crippen molar-refractivity contribution >= 4 is 28.6 Å². The molecule has 0 unspecified atom stereocenters. The molecule has 0 spiro atoms. The standard InChI is InChI=1S/C21H27N5O2S/c1-29-12-17-8-25(10-18(17)27)7-16-9-26(20-19(16)23-13-24-21(20)22)14-28-11-15-5-3-2-4-6-15/h2-6,9,13,17-18,27H,7-8,10-12,14H2,1H3,(H2,22,23,24)/t17-,18+/m1/s1. The molecule has 1 aromatic carbocycles. The van der Waals surface area contributed by atoms with Crippen molar-refractivity contribution < 1.29 is 9.84 Å². The van der Waals surface area contributed by atoms with Crippen molar-refractivity contribution in [2.75, 3.05) is 30.8 Å². The molecule has 154 valence electrons. The Hall–Kier alpha value is -2.13. The Bertz CT molecular complexity index is 949. The number of nitrogens with two attached hydrogens (primary N) is 1. The van der Waals surface area contributed by atoms with Crippen LogP contribution in [-0.4, -0.2) is 55.7 Å². The number of nitrogens with zero attached hydrogens (tertiary/aromatic N) is 4. The molecule has 0 saturated carbocycles. The molecule has 1 saturated heterocycles. The number of nitrogen functional groups attached to an aromatic ring is 1. The average Bonchev–Trinajstić information content (AvgIpc) is 3.24. The lowest BCUT2D eigenvalue weighted by Crippen LogP contribution is -2.21. The number of anilines is 1. The number of thioether (sulfide) groups is 1. The van der Waals surface area contributed by atoms with Crippen LogP contribution in [-0.2, 0) is 24.6 Å².